The predicted octanol–water partition coefficient (Wildman–Crippen LogP) is 3.18. The third-order valence-corrected chi connectivity index (χ3v) is 6.70. The fourth-order valence-electron chi connectivity index (χ4n) is 3.11. The average Bonchev–Trinajstić information content (AvgIpc) is 3.50. The van der Waals surface area contributed by atoms with Crippen LogP contribution in [0, 0.1) is 0 Å². The molecule has 3 heterocycles. The van der Waals surface area contributed by atoms with Gasteiger partial charge >= 0.3 is 0 Å². The molecule has 0 saturated heterocycles. The van der Waals surface area contributed by atoms with Gasteiger partial charge in [0.05, 0.1) is 17.6 Å². The van der Waals surface area contributed by atoms with Crippen molar-refractivity contribution in [2.45, 2.75) is 17.5 Å². The molecule has 11 heteroatoms. The lowest BCUT2D eigenvalue weighted by molar-refractivity contribution is 0.0950. The summed E-state index contributed by atoms with van der Waals surface area (Å²) >= 11 is 2.53. The SMILES string of the molecule is O=C(NCc1ccccc1)c1nnc(CSc2nc3c(cnn3-c3ccccc3)c(=O)[nH]2)s1. The number of benzene rings is 2. The van der Waals surface area contributed by atoms with E-state index in [2.05, 4.69) is 30.6 Å². The summed E-state index contributed by atoms with van der Waals surface area (Å²) in [6, 6.07) is 19.2. The fraction of sp³-hybridized carbons (Fsp3) is 0.0909. The molecular formula is C22H17N7O2S2. The van der Waals surface area contributed by atoms with E-state index >= 15 is 0 Å². The molecule has 2 aromatic carbocycles. The molecule has 0 bridgehead atoms. The maximum atomic E-state index is 12.5. The number of rotatable bonds is 7. The number of nitrogens with zero attached hydrogens (tertiary/aromatic N) is 5. The Kier molecular flexibility index (Phi) is 5.96. The first-order valence-electron chi connectivity index (χ1n) is 9.98. The monoisotopic (exact) mass is 475 g/mol. The van der Waals surface area contributed by atoms with Gasteiger partial charge in [-0.05, 0) is 17.7 Å². The van der Waals surface area contributed by atoms with Gasteiger partial charge in [0.2, 0.25) is 5.01 Å². The minimum absolute atomic E-state index is 0.261. The second-order valence-electron chi connectivity index (χ2n) is 6.96. The molecule has 0 aliphatic rings. The minimum atomic E-state index is -0.271. The van der Waals surface area contributed by atoms with Gasteiger partial charge in [-0.3, -0.25) is 9.59 Å². The van der Waals surface area contributed by atoms with E-state index in [1.807, 2.05) is 60.7 Å². The standard InChI is InChI=1S/C22H17N7O2S2/c30-19-16-12-24-29(15-9-5-2-6-10-15)18(16)25-22(26-19)32-13-17-27-28-21(33-17)20(31)23-11-14-7-3-1-4-8-14/h1-10,12H,11,13H2,(H,23,31)(H,25,26,30). The number of amides is 1. The highest BCUT2D eigenvalue weighted by Crippen LogP contribution is 2.23. The van der Waals surface area contributed by atoms with Crippen LogP contribution >= 0.6 is 23.1 Å². The van der Waals surface area contributed by atoms with Gasteiger partial charge in [0.25, 0.3) is 11.5 Å². The van der Waals surface area contributed by atoms with E-state index in [1.165, 1.54) is 29.3 Å². The summed E-state index contributed by atoms with van der Waals surface area (Å²) in [5.74, 6) is 0.143. The molecule has 0 aliphatic carbocycles. The lowest BCUT2D eigenvalue weighted by Crippen LogP contribution is -2.22. The van der Waals surface area contributed by atoms with Crippen molar-refractivity contribution >= 4 is 40.0 Å². The van der Waals surface area contributed by atoms with E-state index in [1.54, 1.807) is 4.68 Å². The second-order valence-corrected chi connectivity index (χ2v) is 8.98. The van der Waals surface area contributed by atoms with Gasteiger partial charge in [0, 0.05) is 6.54 Å². The number of hydrogen-bond donors (Lipinski definition) is 2. The van der Waals surface area contributed by atoms with Crippen LogP contribution in [0.3, 0.4) is 0 Å². The van der Waals surface area contributed by atoms with Gasteiger partial charge in [-0.2, -0.15) is 5.10 Å². The van der Waals surface area contributed by atoms with E-state index in [9.17, 15) is 9.59 Å². The Morgan fingerprint density at radius 1 is 1.06 bits per heavy atom. The molecule has 3 aromatic heterocycles. The topological polar surface area (TPSA) is 118 Å². The third kappa shape index (κ3) is 4.69. The van der Waals surface area contributed by atoms with Crippen molar-refractivity contribution in [1.82, 2.24) is 35.3 Å². The molecule has 5 rings (SSSR count). The minimum Gasteiger partial charge on any atom is -0.346 e. The predicted molar refractivity (Wildman–Crippen MR) is 127 cm³/mol. The van der Waals surface area contributed by atoms with Crippen molar-refractivity contribution in [1.29, 1.82) is 0 Å². The van der Waals surface area contributed by atoms with Crippen LogP contribution in [0.2, 0.25) is 0 Å². The zero-order valence-corrected chi connectivity index (χ0v) is 18.8. The largest absolute Gasteiger partial charge is 0.346 e. The van der Waals surface area contributed by atoms with Gasteiger partial charge in [0.15, 0.2) is 10.8 Å². The number of fused-ring (bicyclic) bond motifs is 1. The summed E-state index contributed by atoms with van der Waals surface area (Å²) in [6.45, 7) is 0.420. The van der Waals surface area contributed by atoms with E-state index in [0.717, 1.165) is 11.3 Å². The number of nitrogens with one attached hydrogen (secondary N) is 2. The molecule has 0 saturated carbocycles. The average molecular weight is 476 g/mol. The van der Waals surface area contributed by atoms with Crippen LogP contribution < -0.4 is 10.9 Å². The zero-order valence-electron chi connectivity index (χ0n) is 17.1. The Hall–Kier alpha value is -3.83. The van der Waals surface area contributed by atoms with E-state index in [0.29, 0.717) is 38.5 Å². The van der Waals surface area contributed by atoms with Gasteiger partial charge in [-0.1, -0.05) is 71.6 Å². The van der Waals surface area contributed by atoms with Gasteiger partial charge < -0.3 is 10.3 Å². The van der Waals surface area contributed by atoms with E-state index in [4.69, 9.17) is 0 Å². The van der Waals surface area contributed by atoms with Crippen molar-refractivity contribution in [3.05, 3.63) is 92.8 Å². The summed E-state index contributed by atoms with van der Waals surface area (Å²) in [6.07, 6.45) is 1.51. The molecule has 33 heavy (non-hydrogen) atoms. The Morgan fingerprint density at radius 3 is 2.61 bits per heavy atom. The third-order valence-electron chi connectivity index (χ3n) is 4.71. The van der Waals surface area contributed by atoms with Gasteiger partial charge in [-0.15, -0.1) is 10.2 Å². The van der Waals surface area contributed by atoms with Crippen LogP contribution in [0.25, 0.3) is 16.7 Å². The first-order valence-corrected chi connectivity index (χ1v) is 11.8. The van der Waals surface area contributed by atoms with Gasteiger partial charge in [0.1, 0.15) is 10.4 Å². The summed E-state index contributed by atoms with van der Waals surface area (Å²) < 4.78 is 1.63. The van der Waals surface area contributed by atoms with Crippen LogP contribution in [-0.2, 0) is 12.3 Å². The fourth-order valence-corrected chi connectivity index (χ4v) is 4.71. The number of para-hydroxylation sites is 1. The molecule has 0 fully saturated rings. The smallest absolute Gasteiger partial charge is 0.282 e. The maximum absolute atomic E-state index is 12.5. The first-order chi connectivity index (χ1) is 16.2. The molecule has 1 amide bonds. The molecule has 2 N–H and O–H groups in total. The first kappa shape index (κ1) is 21.0. The quantitative estimate of drug-likeness (QED) is 0.274. The number of hydrogen-bond acceptors (Lipinski definition) is 8. The molecule has 5 aromatic rings. The van der Waals surface area contributed by atoms with Crippen molar-refractivity contribution < 1.29 is 4.79 Å². The number of aromatic nitrogens is 6. The van der Waals surface area contributed by atoms with Gasteiger partial charge in [-0.25, -0.2) is 9.67 Å². The molecule has 0 unspecified atom stereocenters. The van der Waals surface area contributed by atoms with Crippen molar-refractivity contribution in [2.24, 2.45) is 0 Å². The van der Waals surface area contributed by atoms with Crippen LogP contribution in [0.5, 0.6) is 0 Å². The van der Waals surface area contributed by atoms with Crippen LogP contribution in [0.15, 0.2) is 76.8 Å². The Bertz CT molecular complexity index is 1460. The van der Waals surface area contributed by atoms with E-state index < -0.39 is 0 Å². The van der Waals surface area contributed by atoms with Crippen molar-refractivity contribution in [3.63, 3.8) is 0 Å². The molecule has 0 atom stereocenters. The number of aromatic amines is 1. The summed E-state index contributed by atoms with van der Waals surface area (Å²) in [5, 5.41) is 17.0. The molecule has 9 nitrogen and oxygen atoms in total. The summed E-state index contributed by atoms with van der Waals surface area (Å²) in [7, 11) is 0. The highest BCUT2D eigenvalue weighted by molar-refractivity contribution is 7.98. The number of thioether (sulfide) groups is 1. The number of carbonyl (C=O) groups excluding carboxylic acids is 1. The number of H-pyrrole nitrogens is 1. The Balaban J connectivity index is 1.28. The van der Waals surface area contributed by atoms with Crippen LogP contribution in [-0.4, -0.2) is 35.9 Å². The van der Waals surface area contributed by atoms with Crippen LogP contribution in [0.1, 0.15) is 20.4 Å². The molecule has 0 radical (unpaired) electrons. The Morgan fingerprint density at radius 2 is 1.82 bits per heavy atom. The second kappa shape index (κ2) is 9.35. The zero-order chi connectivity index (χ0) is 22.6. The maximum Gasteiger partial charge on any atom is 0.282 e. The lowest BCUT2D eigenvalue weighted by atomic mass is 10.2. The molecule has 164 valence electrons. The van der Waals surface area contributed by atoms with Crippen molar-refractivity contribution in [3.8, 4) is 5.69 Å². The molecular weight excluding hydrogens is 458 g/mol. The Labute approximate surface area is 195 Å². The molecule has 0 aliphatic heterocycles. The lowest BCUT2D eigenvalue weighted by Gasteiger charge is -2.03. The van der Waals surface area contributed by atoms with E-state index in [-0.39, 0.29) is 11.5 Å². The normalized spacial score (nSPS) is 11.0. The highest BCUT2D eigenvalue weighted by atomic mass is 32.2. The summed E-state index contributed by atoms with van der Waals surface area (Å²) in [4.78, 5) is 32.2. The highest BCUT2D eigenvalue weighted by Gasteiger charge is 2.15. The summed E-state index contributed by atoms with van der Waals surface area (Å²) in [5.41, 5.74) is 2.04. The number of carbonyl (C=O) groups is 1. The van der Waals surface area contributed by atoms with Crippen molar-refractivity contribution in [2.75, 3.05) is 0 Å². The molecule has 0 spiro atoms. The van der Waals surface area contributed by atoms with Crippen LogP contribution in [0.4, 0.5) is 0 Å².